The smallest absolute Gasteiger partial charge is 0.412 e. The van der Waals surface area contributed by atoms with Gasteiger partial charge in [0.1, 0.15) is 54.9 Å². The summed E-state index contributed by atoms with van der Waals surface area (Å²) in [5.74, 6) is -0.129. The van der Waals surface area contributed by atoms with Gasteiger partial charge in [0.05, 0.1) is 19.0 Å². The van der Waals surface area contributed by atoms with E-state index in [4.69, 9.17) is 45.3 Å². The van der Waals surface area contributed by atoms with Crippen LogP contribution in [-0.4, -0.2) is 135 Å². The maximum atomic E-state index is 16.5. The predicted octanol–water partition coefficient (Wildman–Crippen LogP) is 2.74. The van der Waals surface area contributed by atoms with Crippen LogP contribution in [0.25, 0.3) is 11.2 Å². The predicted molar refractivity (Wildman–Crippen MR) is 196 cm³/mol. The summed E-state index contributed by atoms with van der Waals surface area (Å²) < 4.78 is 95.1. The number of rotatable bonds is 7. The van der Waals surface area contributed by atoms with Crippen molar-refractivity contribution in [3.63, 3.8) is 0 Å². The second-order valence-corrected chi connectivity index (χ2v) is 19.5. The van der Waals surface area contributed by atoms with Crippen LogP contribution in [0.3, 0.4) is 0 Å². The van der Waals surface area contributed by atoms with E-state index in [1.807, 2.05) is 0 Å². The molecule has 4 fully saturated rings. The van der Waals surface area contributed by atoms with Gasteiger partial charge in [0.2, 0.25) is 0 Å². The van der Waals surface area contributed by atoms with Gasteiger partial charge < -0.3 is 39.6 Å². The average Bonchev–Trinajstić information content (AvgIpc) is 3.91. The van der Waals surface area contributed by atoms with Gasteiger partial charge in [-0.25, -0.2) is 47.5 Å². The molecule has 2 unspecified atom stereocenters. The number of hydrogen-bond donors (Lipinski definition) is 5. The Hall–Kier alpha value is -3.09. The van der Waals surface area contributed by atoms with Crippen molar-refractivity contribution in [3.8, 4) is 0 Å². The average molecular weight is 854 g/mol. The molecule has 3 aromatic rings. The molecule has 0 spiro atoms. The lowest BCUT2D eigenvalue weighted by atomic mass is 10.1. The van der Waals surface area contributed by atoms with E-state index in [-0.39, 0.29) is 72.5 Å². The molecule has 7 rings (SSSR count). The van der Waals surface area contributed by atoms with Gasteiger partial charge in [-0.15, -0.1) is 0 Å². The summed E-state index contributed by atoms with van der Waals surface area (Å²) in [5, 5.41) is 5.32. The first-order chi connectivity index (χ1) is 26.1. The van der Waals surface area contributed by atoms with Crippen LogP contribution >= 0.6 is 25.5 Å². The van der Waals surface area contributed by atoms with Gasteiger partial charge in [-0.1, -0.05) is 12.2 Å². The highest BCUT2D eigenvalue weighted by Crippen LogP contribution is 2.58. The highest BCUT2D eigenvalue weighted by Gasteiger charge is 2.54. The Morgan fingerprint density at radius 3 is 2.71 bits per heavy atom. The van der Waals surface area contributed by atoms with Gasteiger partial charge in [0.25, 0.3) is 0 Å². The number of nitrogen functional groups attached to an aromatic ring is 1. The fourth-order valence-corrected chi connectivity index (χ4v) is 10.1. The number of nitrogens with two attached hydrogens (primary N) is 1. The number of carbonyl (C=O) groups is 1. The molecule has 1 amide bonds. The summed E-state index contributed by atoms with van der Waals surface area (Å²) in [6.07, 6.45) is -11.4. The Labute approximate surface area is 320 Å². The van der Waals surface area contributed by atoms with Crippen molar-refractivity contribution < 1.29 is 55.2 Å². The van der Waals surface area contributed by atoms with E-state index in [0.29, 0.717) is 0 Å². The molecular formula is C28H36F3N11O9P2S2. The van der Waals surface area contributed by atoms with Crippen LogP contribution in [-0.2, 0) is 44.2 Å². The topological polar surface area (TPSA) is 245 Å². The van der Waals surface area contributed by atoms with E-state index in [1.165, 1.54) is 29.2 Å². The Bertz CT molecular complexity index is 2030. The van der Waals surface area contributed by atoms with Crippen molar-refractivity contribution in [1.82, 2.24) is 34.8 Å². The zero-order valence-electron chi connectivity index (χ0n) is 28.7. The molecule has 0 bridgehead atoms. The highest BCUT2D eigenvalue weighted by atomic mass is 32.7. The van der Waals surface area contributed by atoms with Crippen molar-refractivity contribution in [2.45, 2.75) is 74.3 Å². The van der Waals surface area contributed by atoms with Gasteiger partial charge in [-0.2, -0.15) is 0 Å². The Morgan fingerprint density at radius 1 is 1.20 bits per heavy atom. The fraction of sp³-hybridized carbons (Fsp3) is 0.607. The first-order valence-corrected chi connectivity index (χ1v) is 22.2. The molecule has 300 valence electrons. The molecule has 4 saturated heterocycles. The number of hydrogen-bond acceptors (Lipinski definition) is 18. The highest BCUT2D eigenvalue weighted by molar-refractivity contribution is 8.44. The van der Waals surface area contributed by atoms with Crippen molar-refractivity contribution >= 4 is 84.5 Å². The summed E-state index contributed by atoms with van der Waals surface area (Å²) >= 11 is 9.48. The molecule has 27 heteroatoms. The summed E-state index contributed by atoms with van der Waals surface area (Å²) in [6, 6.07) is -0.359. The van der Waals surface area contributed by atoms with Crippen LogP contribution in [0.5, 0.6) is 0 Å². The van der Waals surface area contributed by atoms with Crippen LogP contribution in [0.2, 0.25) is 0 Å². The lowest BCUT2D eigenvalue weighted by Gasteiger charge is -2.29. The molecule has 3 aromatic heterocycles. The lowest BCUT2D eigenvalue weighted by molar-refractivity contribution is -0.0433. The van der Waals surface area contributed by atoms with E-state index in [2.05, 4.69) is 59.5 Å². The summed E-state index contributed by atoms with van der Waals surface area (Å²) in [6.45, 7) is -5.35. The van der Waals surface area contributed by atoms with E-state index in [9.17, 15) is 18.6 Å². The van der Waals surface area contributed by atoms with Gasteiger partial charge in [-0.3, -0.25) is 23.9 Å². The second-order valence-electron chi connectivity index (χ2n) is 13.0. The van der Waals surface area contributed by atoms with Gasteiger partial charge >= 0.3 is 12.9 Å². The largest absolute Gasteiger partial charge is 0.448 e. The normalized spacial score (nSPS) is 36.7. The first-order valence-electron chi connectivity index (χ1n) is 16.7. The van der Waals surface area contributed by atoms with Crippen molar-refractivity contribution in [2.24, 2.45) is 4.99 Å². The molecular weight excluding hydrogens is 817 g/mol. The minimum absolute atomic E-state index is 0.0442. The third-order valence-corrected chi connectivity index (χ3v) is 13.1. The number of halogens is 3. The summed E-state index contributed by atoms with van der Waals surface area (Å²) in [4.78, 5) is 49.3. The standard InChI is InChI=1S/C28H36F3N11O9P2S2/c1-33-19-23(40-28(43)46-7-13-5-12(29)6-34-13)36-10-37-24(19)41(2)26-16(30)20-14(48-26)3-4-52(44,54)50-21-15(8-47-53(45,55)51-20)49-27(17(21)31)42-11-39-18-22(32)35-9-38-25(18)42/h9-17,20-21,26-27,34H,1,3-8H2,2H3,(H,44,54)(H,45,55)(H2,32,35,38)(H,36,37,40,43)/t12-,13-,14+,15+,16+,17+,20+,21+,26+,27+,52?,53?/m0/s1. The Kier molecular flexibility index (Phi) is 11.7. The molecule has 20 nitrogen and oxygen atoms in total. The molecule has 0 aromatic carbocycles. The van der Waals surface area contributed by atoms with Gasteiger partial charge in [-0.05, 0) is 31.4 Å². The molecule has 0 aliphatic carbocycles. The molecule has 5 N–H and O–H groups in total. The molecule has 12 atom stereocenters. The number of ether oxygens (including phenoxy) is 3. The number of thiol groups is 1. The van der Waals surface area contributed by atoms with E-state index in [0.717, 1.165) is 6.33 Å². The maximum Gasteiger partial charge on any atom is 0.412 e. The number of nitrogens with one attached hydrogen (secondary N) is 2. The number of alkyl halides is 3. The zero-order valence-corrected chi connectivity index (χ0v) is 32.2. The number of amides is 1. The van der Waals surface area contributed by atoms with Gasteiger partial charge in [0, 0.05) is 25.8 Å². The van der Waals surface area contributed by atoms with Crippen LogP contribution in [0.4, 0.5) is 41.1 Å². The van der Waals surface area contributed by atoms with Crippen LogP contribution in [0, 0.1) is 0 Å². The quantitative estimate of drug-likeness (QED) is 0.130. The third-order valence-electron chi connectivity index (χ3n) is 9.32. The number of imidazole rings is 1. The number of nitrogens with zero attached hydrogens (tertiary/aromatic N) is 8. The molecule has 7 heterocycles. The Balaban J connectivity index is 1.07. The van der Waals surface area contributed by atoms with E-state index in [1.54, 1.807) is 0 Å². The first kappa shape index (κ1) is 40.1. The molecule has 55 heavy (non-hydrogen) atoms. The van der Waals surface area contributed by atoms with Crippen molar-refractivity contribution in [1.29, 1.82) is 0 Å². The van der Waals surface area contributed by atoms with E-state index >= 15 is 8.78 Å². The molecule has 4 aliphatic rings. The lowest BCUT2D eigenvalue weighted by Crippen LogP contribution is -2.41. The third kappa shape index (κ3) is 8.47. The Morgan fingerprint density at radius 2 is 1.96 bits per heavy atom. The summed E-state index contributed by atoms with van der Waals surface area (Å²) in [7, 11) is 1.40. The maximum absolute atomic E-state index is 16.5. The second kappa shape index (κ2) is 16.0. The zero-order chi connectivity index (χ0) is 39.2. The number of fused-ring (bicyclic) bond motifs is 3. The van der Waals surface area contributed by atoms with Crippen LogP contribution < -0.4 is 21.3 Å². The number of aromatic nitrogens is 6. The van der Waals surface area contributed by atoms with Crippen molar-refractivity contribution in [2.75, 3.05) is 48.9 Å². The van der Waals surface area contributed by atoms with E-state index < -0.39 is 81.4 Å². The number of carbonyl (C=O) groups excluding carboxylic acids is 1. The van der Waals surface area contributed by atoms with Crippen LogP contribution in [0.1, 0.15) is 19.1 Å². The monoisotopic (exact) mass is 853 g/mol. The van der Waals surface area contributed by atoms with Gasteiger partial charge in [0.15, 0.2) is 54.4 Å². The molecule has 0 saturated carbocycles. The minimum Gasteiger partial charge on any atom is -0.448 e. The fourth-order valence-electron chi connectivity index (χ4n) is 6.67. The number of aliphatic imine (C=N–C) groups is 1. The van der Waals surface area contributed by atoms with Crippen LogP contribution in [0.15, 0.2) is 24.0 Å². The SMILES string of the molecule is C=Nc1c(NC(=O)OC[C@@H]2C[C@H](F)CN2)ncnc1N(C)[C@@H]1O[C@@H]2CCP(O)(=S)O[C@H]3[C@@H](F)[C@H](n4cnc5c(N)ncnc54)O[C@@H]3COP(=O)(S)O[C@H]2[C@H]1F. The summed E-state index contributed by atoms with van der Waals surface area (Å²) in [5.41, 5.74) is 6.14. The molecule has 0 radical (unpaired) electrons. The molecule has 4 aliphatic heterocycles. The minimum atomic E-state index is -4.44. The number of anilines is 3. The van der Waals surface area contributed by atoms with Crippen molar-refractivity contribution in [3.05, 3.63) is 19.0 Å².